The zero-order valence-corrected chi connectivity index (χ0v) is 7.28. The Kier molecular flexibility index (Phi) is 1.77. The Morgan fingerprint density at radius 1 is 1.46 bits per heavy atom. The van der Waals surface area contributed by atoms with Gasteiger partial charge in [-0.3, -0.25) is 0 Å². The minimum atomic E-state index is 0.913. The number of aromatic amines is 1. The van der Waals surface area contributed by atoms with Crippen molar-refractivity contribution in [1.82, 2.24) is 4.98 Å². The Morgan fingerprint density at radius 3 is 3.08 bits per heavy atom. The van der Waals surface area contributed by atoms with E-state index in [0.29, 0.717) is 0 Å². The molecule has 3 heteroatoms. The molecule has 1 aromatic heterocycles. The number of oxime groups is 1. The van der Waals surface area contributed by atoms with Crippen LogP contribution in [0.15, 0.2) is 29.6 Å². The maximum absolute atomic E-state index is 8.44. The molecule has 0 radical (unpaired) electrons. The molecule has 0 atom stereocenters. The van der Waals surface area contributed by atoms with Crippen LogP contribution in [0, 0.1) is 6.92 Å². The highest BCUT2D eigenvalue weighted by Gasteiger charge is 2.02. The molecule has 2 aromatic rings. The normalized spacial score (nSPS) is 11.5. The standard InChI is InChI=1S/C10H10N2O/c1-7-3-2-4-9-10(7)8(5-11-9)6-12-13/h2-6,11,13H,1H3/b12-6+. The third-order valence-electron chi connectivity index (χ3n) is 2.14. The van der Waals surface area contributed by atoms with E-state index in [9.17, 15) is 0 Å². The number of aromatic nitrogens is 1. The number of hydrogen-bond acceptors (Lipinski definition) is 2. The molecule has 13 heavy (non-hydrogen) atoms. The van der Waals surface area contributed by atoms with Crippen LogP contribution in [0.25, 0.3) is 10.9 Å². The predicted molar refractivity (Wildman–Crippen MR) is 52.4 cm³/mol. The summed E-state index contributed by atoms with van der Waals surface area (Å²) in [7, 11) is 0. The highest BCUT2D eigenvalue weighted by molar-refractivity contribution is 6.00. The first-order chi connectivity index (χ1) is 6.33. The van der Waals surface area contributed by atoms with Crippen LogP contribution < -0.4 is 0 Å². The van der Waals surface area contributed by atoms with Crippen molar-refractivity contribution in [3.63, 3.8) is 0 Å². The number of rotatable bonds is 1. The number of nitrogens with one attached hydrogen (secondary N) is 1. The van der Waals surface area contributed by atoms with Crippen LogP contribution in [0.2, 0.25) is 0 Å². The van der Waals surface area contributed by atoms with Crippen LogP contribution in [0.1, 0.15) is 11.1 Å². The van der Waals surface area contributed by atoms with Crippen molar-refractivity contribution in [1.29, 1.82) is 0 Å². The smallest absolute Gasteiger partial charge is 0.0755 e. The van der Waals surface area contributed by atoms with Crippen molar-refractivity contribution in [3.8, 4) is 0 Å². The lowest BCUT2D eigenvalue weighted by Gasteiger charge is -1.95. The molecule has 0 aliphatic heterocycles. The van der Waals surface area contributed by atoms with Gasteiger partial charge in [0, 0.05) is 22.7 Å². The number of fused-ring (bicyclic) bond motifs is 1. The molecule has 0 bridgehead atoms. The summed E-state index contributed by atoms with van der Waals surface area (Å²) in [4.78, 5) is 3.11. The Morgan fingerprint density at radius 2 is 2.31 bits per heavy atom. The van der Waals surface area contributed by atoms with Crippen molar-refractivity contribution in [2.75, 3.05) is 0 Å². The first kappa shape index (κ1) is 7.86. The number of benzene rings is 1. The topological polar surface area (TPSA) is 48.4 Å². The molecular weight excluding hydrogens is 164 g/mol. The van der Waals surface area contributed by atoms with Crippen LogP contribution in [0.3, 0.4) is 0 Å². The fourth-order valence-electron chi connectivity index (χ4n) is 1.56. The van der Waals surface area contributed by atoms with E-state index < -0.39 is 0 Å². The van der Waals surface area contributed by atoms with Gasteiger partial charge in [0.15, 0.2) is 0 Å². The van der Waals surface area contributed by atoms with Crippen molar-refractivity contribution < 1.29 is 5.21 Å². The highest BCUT2D eigenvalue weighted by atomic mass is 16.4. The minimum absolute atomic E-state index is 0.913. The van der Waals surface area contributed by atoms with Crippen molar-refractivity contribution in [2.24, 2.45) is 5.16 Å². The van der Waals surface area contributed by atoms with Gasteiger partial charge in [-0.05, 0) is 18.6 Å². The van der Waals surface area contributed by atoms with E-state index in [-0.39, 0.29) is 0 Å². The molecule has 0 fully saturated rings. The molecule has 2 rings (SSSR count). The average Bonchev–Trinajstić information content (AvgIpc) is 2.51. The summed E-state index contributed by atoms with van der Waals surface area (Å²) in [5.74, 6) is 0. The third kappa shape index (κ3) is 1.18. The molecule has 0 amide bonds. The minimum Gasteiger partial charge on any atom is -0.411 e. The molecule has 66 valence electrons. The van der Waals surface area contributed by atoms with Crippen molar-refractivity contribution in [2.45, 2.75) is 6.92 Å². The maximum Gasteiger partial charge on any atom is 0.0755 e. The number of H-pyrrole nitrogens is 1. The van der Waals surface area contributed by atoms with E-state index in [0.717, 1.165) is 16.5 Å². The maximum atomic E-state index is 8.44. The molecule has 0 spiro atoms. The van der Waals surface area contributed by atoms with E-state index in [1.165, 1.54) is 11.8 Å². The molecule has 0 saturated heterocycles. The molecule has 1 heterocycles. The van der Waals surface area contributed by atoms with Crippen LogP contribution in [-0.2, 0) is 0 Å². The summed E-state index contributed by atoms with van der Waals surface area (Å²) < 4.78 is 0. The average molecular weight is 174 g/mol. The zero-order chi connectivity index (χ0) is 9.26. The summed E-state index contributed by atoms with van der Waals surface area (Å²) in [5.41, 5.74) is 3.15. The second-order valence-corrected chi connectivity index (χ2v) is 2.99. The Hall–Kier alpha value is -1.77. The largest absolute Gasteiger partial charge is 0.411 e. The van der Waals surface area contributed by atoms with Gasteiger partial charge in [-0.2, -0.15) is 0 Å². The van der Waals surface area contributed by atoms with Crippen LogP contribution in [0.5, 0.6) is 0 Å². The quantitative estimate of drug-likeness (QED) is 0.389. The molecule has 0 aliphatic carbocycles. The lowest BCUT2D eigenvalue weighted by molar-refractivity contribution is 0.322. The van der Waals surface area contributed by atoms with Gasteiger partial charge in [-0.1, -0.05) is 17.3 Å². The molecular formula is C10H10N2O. The number of nitrogens with zero attached hydrogens (tertiary/aromatic N) is 1. The fourth-order valence-corrected chi connectivity index (χ4v) is 1.56. The van der Waals surface area contributed by atoms with E-state index >= 15 is 0 Å². The molecule has 0 unspecified atom stereocenters. The lowest BCUT2D eigenvalue weighted by Crippen LogP contribution is -1.80. The number of hydrogen-bond donors (Lipinski definition) is 2. The van der Waals surface area contributed by atoms with Crippen LogP contribution in [0.4, 0.5) is 0 Å². The van der Waals surface area contributed by atoms with Crippen LogP contribution in [-0.4, -0.2) is 16.4 Å². The summed E-state index contributed by atoms with van der Waals surface area (Å²) in [6.07, 6.45) is 3.27. The van der Waals surface area contributed by atoms with Gasteiger partial charge in [0.25, 0.3) is 0 Å². The Labute approximate surface area is 75.7 Å². The van der Waals surface area contributed by atoms with Gasteiger partial charge < -0.3 is 10.2 Å². The van der Waals surface area contributed by atoms with Crippen LogP contribution >= 0.6 is 0 Å². The van der Waals surface area contributed by atoms with Gasteiger partial charge in [-0.25, -0.2) is 0 Å². The summed E-state index contributed by atoms with van der Waals surface area (Å²) in [5, 5.41) is 12.6. The predicted octanol–water partition coefficient (Wildman–Crippen LogP) is 2.28. The zero-order valence-electron chi connectivity index (χ0n) is 7.28. The first-order valence-corrected chi connectivity index (χ1v) is 4.07. The molecule has 2 N–H and O–H groups in total. The SMILES string of the molecule is Cc1cccc2[nH]cc(/C=N/O)c12. The lowest BCUT2D eigenvalue weighted by atomic mass is 10.1. The summed E-state index contributed by atoms with van der Waals surface area (Å²) in [6, 6.07) is 6.02. The molecule has 1 aromatic carbocycles. The molecule has 0 saturated carbocycles. The van der Waals surface area contributed by atoms with E-state index in [2.05, 4.69) is 10.1 Å². The second-order valence-electron chi connectivity index (χ2n) is 2.99. The van der Waals surface area contributed by atoms with Gasteiger partial charge in [-0.15, -0.1) is 0 Å². The van der Waals surface area contributed by atoms with Gasteiger partial charge >= 0.3 is 0 Å². The van der Waals surface area contributed by atoms with Gasteiger partial charge in [0.1, 0.15) is 0 Å². The van der Waals surface area contributed by atoms with Crippen molar-refractivity contribution >= 4 is 17.1 Å². The van der Waals surface area contributed by atoms with Gasteiger partial charge in [0.2, 0.25) is 0 Å². The van der Waals surface area contributed by atoms with E-state index in [1.54, 1.807) is 0 Å². The Balaban J connectivity index is 2.78. The monoisotopic (exact) mass is 174 g/mol. The highest BCUT2D eigenvalue weighted by Crippen LogP contribution is 2.20. The molecule has 0 aliphatic rings. The number of aryl methyl sites for hydroxylation is 1. The third-order valence-corrected chi connectivity index (χ3v) is 2.14. The first-order valence-electron chi connectivity index (χ1n) is 4.07. The fraction of sp³-hybridized carbons (Fsp3) is 0.100. The van der Waals surface area contributed by atoms with E-state index in [4.69, 9.17) is 5.21 Å². The van der Waals surface area contributed by atoms with E-state index in [1.807, 2.05) is 31.3 Å². The molecule has 3 nitrogen and oxygen atoms in total. The second kappa shape index (κ2) is 2.94. The summed E-state index contributed by atoms with van der Waals surface area (Å²) >= 11 is 0. The van der Waals surface area contributed by atoms with Crippen molar-refractivity contribution in [3.05, 3.63) is 35.5 Å². The Bertz CT molecular complexity index is 457. The summed E-state index contributed by atoms with van der Waals surface area (Å²) in [6.45, 7) is 2.03. The van der Waals surface area contributed by atoms with Gasteiger partial charge in [0.05, 0.1) is 6.21 Å².